The summed E-state index contributed by atoms with van der Waals surface area (Å²) in [6.45, 7) is 5.20. The molecule has 2 saturated heterocycles. The third-order valence-corrected chi connectivity index (χ3v) is 7.67. The molecule has 0 unspecified atom stereocenters. The van der Waals surface area contributed by atoms with Crippen molar-refractivity contribution in [1.82, 2.24) is 10.2 Å². The Morgan fingerprint density at radius 2 is 2.00 bits per heavy atom. The van der Waals surface area contributed by atoms with Crippen LogP contribution in [0.25, 0.3) is 10.4 Å². The molecule has 1 aromatic carbocycles. The molecule has 142 valence electrons. The molecule has 3 aliphatic rings. The number of nitrogens with zero attached hydrogens (tertiary/aromatic N) is 1. The van der Waals surface area contributed by atoms with E-state index in [1.165, 1.54) is 28.8 Å². The van der Waals surface area contributed by atoms with Crippen molar-refractivity contribution in [1.29, 1.82) is 0 Å². The van der Waals surface area contributed by atoms with Crippen molar-refractivity contribution in [3.8, 4) is 10.4 Å². The number of hydrogen-bond donors (Lipinski definition) is 1. The van der Waals surface area contributed by atoms with E-state index >= 15 is 0 Å². The molecule has 3 fully saturated rings. The van der Waals surface area contributed by atoms with Crippen LogP contribution in [0, 0.1) is 12.8 Å². The maximum Gasteiger partial charge on any atom is 0.261 e. The van der Waals surface area contributed by atoms with Crippen LogP contribution in [0.2, 0.25) is 0 Å². The Labute approximate surface area is 164 Å². The Hall–Kier alpha value is -1.69. The van der Waals surface area contributed by atoms with Gasteiger partial charge >= 0.3 is 0 Å². The third-order valence-electron chi connectivity index (χ3n) is 6.39. The molecule has 1 amide bonds. The van der Waals surface area contributed by atoms with Gasteiger partial charge in [0.25, 0.3) is 5.91 Å². The second kappa shape index (κ2) is 7.04. The smallest absolute Gasteiger partial charge is 0.261 e. The van der Waals surface area contributed by atoms with Crippen LogP contribution in [0.5, 0.6) is 0 Å². The van der Waals surface area contributed by atoms with E-state index in [-0.39, 0.29) is 11.9 Å². The van der Waals surface area contributed by atoms with Gasteiger partial charge in [0.15, 0.2) is 0 Å². The number of rotatable bonds is 4. The SMILES string of the molecule is Cc1cc(C(=O)N[C@H]2[C@H]3CCO[C@H]3[C@@H]2N2CCCC2)sc1-c1ccccc1. The van der Waals surface area contributed by atoms with E-state index in [2.05, 4.69) is 29.3 Å². The van der Waals surface area contributed by atoms with Gasteiger partial charge in [-0.15, -0.1) is 11.3 Å². The van der Waals surface area contributed by atoms with E-state index in [0.717, 1.165) is 31.0 Å². The highest BCUT2D eigenvalue weighted by Crippen LogP contribution is 2.43. The van der Waals surface area contributed by atoms with Crippen LogP contribution in [0.15, 0.2) is 36.4 Å². The minimum absolute atomic E-state index is 0.0739. The fourth-order valence-electron chi connectivity index (χ4n) is 5.04. The van der Waals surface area contributed by atoms with Crippen molar-refractivity contribution in [3.05, 3.63) is 46.8 Å². The molecule has 5 rings (SSSR count). The molecule has 0 spiro atoms. The van der Waals surface area contributed by atoms with Crippen molar-refractivity contribution in [2.45, 2.75) is 44.4 Å². The first-order chi connectivity index (χ1) is 13.2. The fraction of sp³-hybridized carbons (Fsp3) is 0.500. The lowest BCUT2D eigenvalue weighted by Gasteiger charge is -2.51. The monoisotopic (exact) mass is 382 g/mol. The summed E-state index contributed by atoms with van der Waals surface area (Å²) in [5.41, 5.74) is 2.35. The number of likely N-dealkylation sites (tertiary alicyclic amines) is 1. The van der Waals surface area contributed by atoms with Gasteiger partial charge in [0.05, 0.1) is 23.1 Å². The summed E-state index contributed by atoms with van der Waals surface area (Å²) in [6, 6.07) is 13.0. The molecular formula is C22H26N2O2S. The molecule has 1 aliphatic carbocycles. The van der Waals surface area contributed by atoms with Gasteiger partial charge in [-0.25, -0.2) is 0 Å². The molecule has 1 aromatic heterocycles. The number of nitrogens with one attached hydrogen (secondary N) is 1. The summed E-state index contributed by atoms with van der Waals surface area (Å²) in [5.74, 6) is 0.555. The molecule has 4 atom stereocenters. The second-order valence-corrected chi connectivity index (χ2v) is 9.06. The van der Waals surface area contributed by atoms with Gasteiger partial charge < -0.3 is 10.1 Å². The first-order valence-corrected chi connectivity index (χ1v) is 10.9. The van der Waals surface area contributed by atoms with Crippen molar-refractivity contribution in [2.24, 2.45) is 5.92 Å². The number of fused-ring (bicyclic) bond motifs is 1. The topological polar surface area (TPSA) is 41.6 Å². The van der Waals surface area contributed by atoms with Gasteiger partial charge in [0.2, 0.25) is 0 Å². The molecule has 1 saturated carbocycles. The van der Waals surface area contributed by atoms with E-state index in [0.29, 0.717) is 18.1 Å². The third kappa shape index (κ3) is 3.02. The Morgan fingerprint density at radius 1 is 1.22 bits per heavy atom. The standard InChI is InChI=1S/C22H26N2O2S/c1-14-13-17(27-21(14)15-7-3-2-4-8-15)22(25)23-18-16-9-12-26-20(16)19(18)24-10-5-6-11-24/h2-4,7-8,13,16,18-20H,5-6,9-12H2,1H3,(H,23,25)/t16-,18+,19-,20-/m1/s1. The van der Waals surface area contributed by atoms with E-state index in [9.17, 15) is 4.79 Å². The average Bonchev–Trinajstić information content (AvgIpc) is 3.41. The Morgan fingerprint density at radius 3 is 2.78 bits per heavy atom. The number of carbonyl (C=O) groups is 1. The Balaban J connectivity index is 1.34. The summed E-state index contributed by atoms with van der Waals surface area (Å²) in [6.07, 6.45) is 3.91. The van der Waals surface area contributed by atoms with E-state index in [1.807, 2.05) is 24.3 Å². The molecule has 27 heavy (non-hydrogen) atoms. The van der Waals surface area contributed by atoms with Gasteiger partial charge in [0, 0.05) is 17.4 Å². The quantitative estimate of drug-likeness (QED) is 0.877. The van der Waals surface area contributed by atoms with Crippen molar-refractivity contribution in [3.63, 3.8) is 0 Å². The summed E-state index contributed by atoms with van der Waals surface area (Å²) < 4.78 is 5.99. The van der Waals surface area contributed by atoms with Gasteiger partial charge in [-0.1, -0.05) is 30.3 Å². The van der Waals surface area contributed by atoms with E-state index in [4.69, 9.17) is 4.74 Å². The predicted molar refractivity (Wildman–Crippen MR) is 108 cm³/mol. The summed E-state index contributed by atoms with van der Waals surface area (Å²) in [7, 11) is 0. The first kappa shape index (κ1) is 17.4. The van der Waals surface area contributed by atoms with Crippen LogP contribution in [0.4, 0.5) is 0 Å². The number of thiophene rings is 1. The van der Waals surface area contributed by atoms with Crippen LogP contribution >= 0.6 is 11.3 Å². The maximum atomic E-state index is 13.0. The van der Waals surface area contributed by atoms with Crippen molar-refractivity contribution >= 4 is 17.2 Å². The minimum atomic E-state index is 0.0739. The van der Waals surface area contributed by atoms with Gasteiger partial charge in [-0.05, 0) is 56.5 Å². The van der Waals surface area contributed by atoms with Crippen molar-refractivity contribution < 1.29 is 9.53 Å². The number of aryl methyl sites for hydroxylation is 1. The number of ether oxygens (including phenoxy) is 1. The second-order valence-electron chi connectivity index (χ2n) is 8.01. The molecule has 4 nitrogen and oxygen atoms in total. The van der Waals surface area contributed by atoms with E-state index in [1.54, 1.807) is 11.3 Å². The first-order valence-electron chi connectivity index (χ1n) is 10.0. The molecular weight excluding hydrogens is 356 g/mol. The van der Waals surface area contributed by atoms with Crippen LogP contribution < -0.4 is 5.32 Å². The van der Waals surface area contributed by atoms with Gasteiger partial charge in [0.1, 0.15) is 0 Å². The number of benzene rings is 1. The minimum Gasteiger partial charge on any atom is -0.376 e. The van der Waals surface area contributed by atoms with Crippen molar-refractivity contribution in [2.75, 3.05) is 19.7 Å². The molecule has 5 heteroatoms. The number of amides is 1. The van der Waals surface area contributed by atoms with Gasteiger partial charge in [-0.3, -0.25) is 9.69 Å². The molecule has 0 bridgehead atoms. The summed E-state index contributed by atoms with van der Waals surface area (Å²) in [4.78, 5) is 17.6. The number of hydrogen-bond acceptors (Lipinski definition) is 4. The molecule has 0 radical (unpaired) electrons. The lowest BCUT2D eigenvalue weighted by Crippen LogP contribution is -2.70. The summed E-state index contributed by atoms with van der Waals surface area (Å²) in [5, 5.41) is 3.37. The summed E-state index contributed by atoms with van der Waals surface area (Å²) >= 11 is 1.60. The fourth-order valence-corrected chi connectivity index (χ4v) is 6.12. The molecule has 1 N–H and O–H groups in total. The van der Waals surface area contributed by atoms with Crippen LogP contribution in [-0.4, -0.2) is 48.7 Å². The van der Waals surface area contributed by atoms with Crippen LogP contribution in [-0.2, 0) is 4.74 Å². The zero-order chi connectivity index (χ0) is 18.4. The maximum absolute atomic E-state index is 13.0. The Bertz CT molecular complexity index is 823. The Kier molecular flexibility index (Phi) is 4.54. The number of carbonyl (C=O) groups excluding carboxylic acids is 1. The van der Waals surface area contributed by atoms with Crippen LogP contribution in [0.1, 0.15) is 34.5 Å². The highest BCUT2D eigenvalue weighted by Gasteiger charge is 2.56. The molecule has 3 heterocycles. The van der Waals surface area contributed by atoms with E-state index < -0.39 is 0 Å². The predicted octanol–water partition coefficient (Wildman–Crippen LogP) is 3.71. The van der Waals surface area contributed by atoms with Gasteiger partial charge in [-0.2, -0.15) is 0 Å². The molecule has 2 aromatic rings. The molecule has 2 aliphatic heterocycles. The lowest BCUT2D eigenvalue weighted by molar-refractivity contribution is -0.0747. The highest BCUT2D eigenvalue weighted by atomic mass is 32.1. The normalized spacial score (nSPS) is 30.1. The largest absolute Gasteiger partial charge is 0.376 e. The average molecular weight is 383 g/mol. The zero-order valence-corrected chi connectivity index (χ0v) is 16.5. The highest BCUT2D eigenvalue weighted by molar-refractivity contribution is 7.17. The zero-order valence-electron chi connectivity index (χ0n) is 15.7. The lowest BCUT2D eigenvalue weighted by atomic mass is 9.70. The van der Waals surface area contributed by atoms with Crippen LogP contribution in [0.3, 0.4) is 0 Å².